The lowest BCUT2D eigenvalue weighted by molar-refractivity contribution is 0.942. The Morgan fingerprint density at radius 2 is 1.85 bits per heavy atom. The molecule has 0 saturated heterocycles. The van der Waals surface area contributed by atoms with Gasteiger partial charge in [0.25, 0.3) is 0 Å². The van der Waals surface area contributed by atoms with E-state index in [0.29, 0.717) is 0 Å². The second kappa shape index (κ2) is 7.36. The summed E-state index contributed by atoms with van der Waals surface area (Å²) in [6, 6.07) is 9.80. The van der Waals surface area contributed by atoms with Gasteiger partial charge in [0.15, 0.2) is 5.16 Å². The SMILES string of the molecule is CNc1cc(NCCc2ccc(Cl)cc2)nc(SC)n1. The van der Waals surface area contributed by atoms with Crippen molar-refractivity contribution >= 4 is 35.0 Å². The molecule has 0 aliphatic rings. The smallest absolute Gasteiger partial charge is 0.191 e. The molecule has 0 aliphatic carbocycles. The number of anilines is 2. The molecule has 0 bridgehead atoms. The zero-order valence-electron chi connectivity index (χ0n) is 11.5. The van der Waals surface area contributed by atoms with Crippen LogP contribution >= 0.6 is 23.4 Å². The maximum absolute atomic E-state index is 5.87. The van der Waals surface area contributed by atoms with Crippen LogP contribution in [0.25, 0.3) is 0 Å². The van der Waals surface area contributed by atoms with Gasteiger partial charge in [-0.05, 0) is 30.4 Å². The van der Waals surface area contributed by atoms with E-state index in [1.54, 1.807) is 0 Å². The fourth-order valence-electron chi connectivity index (χ4n) is 1.72. The molecule has 0 spiro atoms. The number of halogens is 1. The van der Waals surface area contributed by atoms with E-state index in [4.69, 9.17) is 11.6 Å². The zero-order chi connectivity index (χ0) is 14.4. The van der Waals surface area contributed by atoms with Crippen molar-refractivity contribution in [3.63, 3.8) is 0 Å². The molecule has 4 nitrogen and oxygen atoms in total. The lowest BCUT2D eigenvalue weighted by Gasteiger charge is -2.09. The van der Waals surface area contributed by atoms with Gasteiger partial charge < -0.3 is 10.6 Å². The molecular weight excluding hydrogens is 292 g/mol. The standard InChI is InChI=1S/C14H17ClN4S/c1-16-12-9-13(19-14(18-12)20-2)17-8-7-10-3-5-11(15)6-4-10/h3-6,9H,7-8H2,1-2H3,(H2,16,17,18,19). The molecule has 2 N–H and O–H groups in total. The third kappa shape index (κ3) is 4.28. The highest BCUT2D eigenvalue weighted by atomic mass is 35.5. The van der Waals surface area contributed by atoms with Gasteiger partial charge in [0, 0.05) is 24.7 Å². The average molecular weight is 309 g/mol. The van der Waals surface area contributed by atoms with Gasteiger partial charge in [-0.1, -0.05) is 35.5 Å². The quantitative estimate of drug-likeness (QED) is 0.631. The summed E-state index contributed by atoms with van der Waals surface area (Å²) in [5.41, 5.74) is 1.25. The molecule has 20 heavy (non-hydrogen) atoms. The second-order valence-electron chi connectivity index (χ2n) is 4.18. The number of aromatic nitrogens is 2. The van der Waals surface area contributed by atoms with Crippen LogP contribution in [0.5, 0.6) is 0 Å². The molecule has 106 valence electrons. The number of thioether (sulfide) groups is 1. The lowest BCUT2D eigenvalue weighted by atomic mass is 10.1. The van der Waals surface area contributed by atoms with Crippen LogP contribution in [-0.4, -0.2) is 29.8 Å². The van der Waals surface area contributed by atoms with Crippen LogP contribution in [0.3, 0.4) is 0 Å². The molecule has 1 heterocycles. The van der Waals surface area contributed by atoms with E-state index in [1.165, 1.54) is 17.3 Å². The van der Waals surface area contributed by atoms with Crippen LogP contribution in [0.2, 0.25) is 5.02 Å². The Bertz CT molecular complexity index is 537. The second-order valence-corrected chi connectivity index (χ2v) is 5.39. The summed E-state index contributed by atoms with van der Waals surface area (Å²) < 4.78 is 0. The van der Waals surface area contributed by atoms with Crippen molar-refractivity contribution in [1.82, 2.24) is 9.97 Å². The normalized spacial score (nSPS) is 10.3. The molecule has 0 saturated carbocycles. The zero-order valence-corrected chi connectivity index (χ0v) is 13.1. The Labute approximate surface area is 128 Å². The van der Waals surface area contributed by atoms with Gasteiger partial charge in [-0.3, -0.25) is 0 Å². The molecule has 2 rings (SSSR count). The van der Waals surface area contributed by atoms with E-state index in [-0.39, 0.29) is 0 Å². The van der Waals surface area contributed by atoms with E-state index in [2.05, 4.69) is 20.6 Å². The van der Waals surface area contributed by atoms with Crippen LogP contribution in [0.15, 0.2) is 35.5 Å². The van der Waals surface area contributed by atoms with Crippen molar-refractivity contribution in [3.05, 3.63) is 40.9 Å². The summed E-state index contributed by atoms with van der Waals surface area (Å²) in [6.45, 7) is 0.815. The highest BCUT2D eigenvalue weighted by molar-refractivity contribution is 7.98. The highest BCUT2D eigenvalue weighted by Crippen LogP contribution is 2.17. The molecule has 2 aromatic rings. The van der Waals surface area contributed by atoms with E-state index >= 15 is 0 Å². The first-order valence-corrected chi connectivity index (χ1v) is 7.90. The number of hydrogen-bond acceptors (Lipinski definition) is 5. The minimum atomic E-state index is 0.755. The van der Waals surface area contributed by atoms with E-state index < -0.39 is 0 Å². The summed E-state index contributed by atoms with van der Waals surface area (Å²) in [5, 5.41) is 7.88. The molecule has 0 amide bonds. The van der Waals surface area contributed by atoms with Crippen LogP contribution in [-0.2, 0) is 6.42 Å². The summed E-state index contributed by atoms with van der Waals surface area (Å²) in [4.78, 5) is 8.76. The summed E-state index contributed by atoms with van der Waals surface area (Å²) >= 11 is 7.39. The number of nitrogens with zero attached hydrogens (tertiary/aromatic N) is 2. The first kappa shape index (κ1) is 14.9. The van der Waals surface area contributed by atoms with Gasteiger partial charge in [-0.25, -0.2) is 9.97 Å². The van der Waals surface area contributed by atoms with Crippen molar-refractivity contribution in [2.75, 3.05) is 30.5 Å². The van der Waals surface area contributed by atoms with Gasteiger partial charge in [0.2, 0.25) is 0 Å². The molecular formula is C14H17ClN4S. The van der Waals surface area contributed by atoms with Crippen molar-refractivity contribution in [3.8, 4) is 0 Å². The Balaban J connectivity index is 1.94. The van der Waals surface area contributed by atoms with Crippen molar-refractivity contribution in [2.45, 2.75) is 11.6 Å². The fourth-order valence-corrected chi connectivity index (χ4v) is 2.23. The fraction of sp³-hybridized carbons (Fsp3) is 0.286. The Morgan fingerprint density at radius 3 is 2.50 bits per heavy atom. The third-order valence-electron chi connectivity index (χ3n) is 2.78. The molecule has 1 aromatic carbocycles. The van der Waals surface area contributed by atoms with Crippen LogP contribution < -0.4 is 10.6 Å². The van der Waals surface area contributed by atoms with Gasteiger partial charge in [-0.15, -0.1) is 0 Å². The summed E-state index contributed by atoms with van der Waals surface area (Å²) in [7, 11) is 1.85. The number of hydrogen-bond donors (Lipinski definition) is 2. The summed E-state index contributed by atoms with van der Waals surface area (Å²) in [6.07, 6.45) is 2.89. The number of nitrogens with one attached hydrogen (secondary N) is 2. The Hall–Kier alpha value is -1.46. The van der Waals surface area contributed by atoms with Crippen molar-refractivity contribution < 1.29 is 0 Å². The monoisotopic (exact) mass is 308 g/mol. The topological polar surface area (TPSA) is 49.8 Å². The molecule has 0 atom stereocenters. The first-order valence-electron chi connectivity index (χ1n) is 6.30. The van der Waals surface area contributed by atoms with E-state index in [9.17, 15) is 0 Å². The molecule has 0 unspecified atom stereocenters. The molecule has 6 heteroatoms. The maximum atomic E-state index is 5.87. The van der Waals surface area contributed by atoms with Gasteiger partial charge in [-0.2, -0.15) is 0 Å². The molecule has 0 aliphatic heterocycles. The largest absolute Gasteiger partial charge is 0.373 e. The van der Waals surface area contributed by atoms with Crippen molar-refractivity contribution in [2.24, 2.45) is 0 Å². The predicted octanol–water partition coefficient (Wildman–Crippen LogP) is 3.55. The Kier molecular flexibility index (Phi) is 5.49. The highest BCUT2D eigenvalue weighted by Gasteiger charge is 2.02. The number of benzene rings is 1. The summed E-state index contributed by atoms with van der Waals surface area (Å²) in [5.74, 6) is 1.65. The molecule has 1 aromatic heterocycles. The van der Waals surface area contributed by atoms with Crippen LogP contribution in [0.1, 0.15) is 5.56 Å². The van der Waals surface area contributed by atoms with Gasteiger partial charge in [0.05, 0.1) is 0 Å². The lowest BCUT2D eigenvalue weighted by Crippen LogP contribution is -2.08. The minimum Gasteiger partial charge on any atom is -0.373 e. The molecule has 0 radical (unpaired) electrons. The predicted molar refractivity (Wildman–Crippen MR) is 87.0 cm³/mol. The van der Waals surface area contributed by atoms with Gasteiger partial charge >= 0.3 is 0 Å². The Morgan fingerprint density at radius 1 is 1.15 bits per heavy atom. The minimum absolute atomic E-state index is 0.755. The van der Waals surface area contributed by atoms with E-state index in [1.807, 2.05) is 43.6 Å². The van der Waals surface area contributed by atoms with Crippen LogP contribution in [0, 0.1) is 0 Å². The number of rotatable bonds is 6. The van der Waals surface area contributed by atoms with E-state index in [0.717, 1.165) is 34.8 Å². The first-order chi connectivity index (χ1) is 9.71. The molecule has 0 fully saturated rings. The average Bonchev–Trinajstić information content (AvgIpc) is 2.49. The van der Waals surface area contributed by atoms with Crippen LogP contribution in [0.4, 0.5) is 11.6 Å². The van der Waals surface area contributed by atoms with Gasteiger partial charge in [0.1, 0.15) is 11.6 Å². The third-order valence-corrected chi connectivity index (χ3v) is 3.58. The maximum Gasteiger partial charge on any atom is 0.191 e. The van der Waals surface area contributed by atoms with Crippen molar-refractivity contribution in [1.29, 1.82) is 0 Å².